The summed E-state index contributed by atoms with van der Waals surface area (Å²) in [7, 11) is 0. The van der Waals surface area contributed by atoms with Crippen molar-refractivity contribution in [3.63, 3.8) is 0 Å². The molecule has 0 radical (unpaired) electrons. The summed E-state index contributed by atoms with van der Waals surface area (Å²) in [5.74, 6) is -0.123. The van der Waals surface area contributed by atoms with Crippen molar-refractivity contribution in [3.8, 4) is 0 Å². The van der Waals surface area contributed by atoms with E-state index in [1.807, 2.05) is 39.8 Å². The Balaban J connectivity index is 3.42. The minimum Gasteiger partial charge on any atom is -0.207 e. The molecule has 0 aliphatic rings. The fourth-order valence-electron chi connectivity index (χ4n) is 1.57. The molecule has 0 aromatic heterocycles. The van der Waals surface area contributed by atoms with Crippen LogP contribution in [0.25, 0.3) is 5.57 Å². The molecule has 13 heavy (non-hydrogen) atoms. The van der Waals surface area contributed by atoms with Crippen LogP contribution in [0.1, 0.15) is 30.5 Å². The molecule has 0 N–H and O–H groups in total. The van der Waals surface area contributed by atoms with Gasteiger partial charge < -0.3 is 0 Å². The Kier molecular flexibility index (Phi) is 2.86. The first-order chi connectivity index (χ1) is 6.07. The summed E-state index contributed by atoms with van der Waals surface area (Å²) in [5.41, 5.74) is 4.06. The molecule has 0 saturated heterocycles. The van der Waals surface area contributed by atoms with Crippen LogP contribution in [-0.4, -0.2) is 0 Å². The van der Waals surface area contributed by atoms with Gasteiger partial charge in [-0.15, -0.1) is 0 Å². The van der Waals surface area contributed by atoms with Gasteiger partial charge in [-0.2, -0.15) is 0 Å². The molecule has 0 heterocycles. The van der Waals surface area contributed by atoms with Crippen molar-refractivity contribution in [1.82, 2.24) is 0 Å². The second kappa shape index (κ2) is 3.73. The van der Waals surface area contributed by atoms with E-state index in [0.717, 1.165) is 22.3 Å². The van der Waals surface area contributed by atoms with Crippen LogP contribution < -0.4 is 0 Å². The maximum atomic E-state index is 13.2. The Bertz CT molecular complexity index is 348. The van der Waals surface area contributed by atoms with Crippen molar-refractivity contribution in [3.05, 3.63) is 40.7 Å². The highest BCUT2D eigenvalue weighted by atomic mass is 19.1. The van der Waals surface area contributed by atoms with Gasteiger partial charge in [0.15, 0.2) is 0 Å². The van der Waals surface area contributed by atoms with Crippen LogP contribution in [0.15, 0.2) is 18.2 Å². The van der Waals surface area contributed by atoms with Gasteiger partial charge in [0.05, 0.1) is 0 Å². The summed E-state index contributed by atoms with van der Waals surface area (Å²) in [4.78, 5) is 0. The van der Waals surface area contributed by atoms with Crippen LogP contribution in [-0.2, 0) is 0 Å². The molecule has 0 fully saturated rings. The van der Waals surface area contributed by atoms with Gasteiger partial charge in [-0.05, 0) is 56.0 Å². The molecule has 1 heteroatoms. The number of halogens is 1. The number of rotatable bonds is 1. The highest BCUT2D eigenvalue weighted by molar-refractivity contribution is 5.69. The van der Waals surface area contributed by atoms with Gasteiger partial charge >= 0.3 is 0 Å². The Morgan fingerprint density at radius 2 is 1.92 bits per heavy atom. The van der Waals surface area contributed by atoms with Gasteiger partial charge in [-0.3, -0.25) is 0 Å². The number of hydrogen-bond acceptors (Lipinski definition) is 0. The lowest BCUT2D eigenvalue weighted by molar-refractivity contribution is 0.617. The van der Waals surface area contributed by atoms with Gasteiger partial charge in [-0.25, -0.2) is 4.39 Å². The molecule has 1 rings (SSSR count). The summed E-state index contributed by atoms with van der Waals surface area (Å²) in [6.45, 7) is 7.81. The van der Waals surface area contributed by atoms with Gasteiger partial charge in [0.1, 0.15) is 5.82 Å². The number of allylic oxidation sites excluding steroid dienone is 2. The number of aryl methyl sites for hydroxylation is 1. The van der Waals surface area contributed by atoms with E-state index in [1.54, 1.807) is 0 Å². The van der Waals surface area contributed by atoms with Crippen LogP contribution in [0.2, 0.25) is 0 Å². The molecule has 0 unspecified atom stereocenters. The fraction of sp³-hybridized carbons (Fsp3) is 0.333. The molecule has 0 amide bonds. The largest absolute Gasteiger partial charge is 0.207 e. The summed E-state index contributed by atoms with van der Waals surface area (Å²) in [5, 5.41) is 0. The topological polar surface area (TPSA) is 0 Å². The molecular weight excluding hydrogens is 163 g/mol. The van der Waals surface area contributed by atoms with E-state index < -0.39 is 0 Å². The second-order valence-electron chi connectivity index (χ2n) is 3.34. The molecular formula is C12H15F. The Hall–Kier alpha value is -1.11. The second-order valence-corrected chi connectivity index (χ2v) is 3.34. The minimum absolute atomic E-state index is 0.123. The third kappa shape index (κ3) is 1.80. The molecule has 1 aromatic carbocycles. The molecule has 0 spiro atoms. The molecule has 0 saturated carbocycles. The summed E-state index contributed by atoms with van der Waals surface area (Å²) >= 11 is 0. The maximum absolute atomic E-state index is 13.2. The predicted octanol–water partition coefficient (Wildman–Crippen LogP) is 3.87. The fourth-order valence-corrected chi connectivity index (χ4v) is 1.57. The van der Waals surface area contributed by atoms with Crippen molar-refractivity contribution < 1.29 is 4.39 Å². The SMILES string of the molecule is C/C=C(/C)c1c(C)ccc(F)c1C. The smallest absolute Gasteiger partial charge is 0.126 e. The Morgan fingerprint density at radius 3 is 2.46 bits per heavy atom. The lowest BCUT2D eigenvalue weighted by Crippen LogP contribution is -1.94. The van der Waals surface area contributed by atoms with Crippen molar-refractivity contribution in [2.75, 3.05) is 0 Å². The molecule has 1 aromatic rings. The summed E-state index contributed by atoms with van der Waals surface area (Å²) < 4.78 is 13.2. The zero-order chi connectivity index (χ0) is 10.0. The predicted molar refractivity (Wildman–Crippen MR) is 55.2 cm³/mol. The van der Waals surface area contributed by atoms with Crippen LogP contribution in [0.4, 0.5) is 4.39 Å². The van der Waals surface area contributed by atoms with E-state index >= 15 is 0 Å². The first kappa shape index (κ1) is 9.97. The van der Waals surface area contributed by atoms with E-state index in [0.29, 0.717) is 0 Å². The zero-order valence-electron chi connectivity index (χ0n) is 8.61. The highest BCUT2D eigenvalue weighted by Crippen LogP contribution is 2.24. The maximum Gasteiger partial charge on any atom is 0.126 e. The molecule has 0 aliphatic heterocycles. The van der Waals surface area contributed by atoms with Gasteiger partial charge in [0, 0.05) is 0 Å². The third-order valence-electron chi connectivity index (χ3n) is 2.43. The van der Waals surface area contributed by atoms with Gasteiger partial charge in [-0.1, -0.05) is 12.1 Å². The molecule has 70 valence electrons. The van der Waals surface area contributed by atoms with Crippen LogP contribution in [0, 0.1) is 19.7 Å². The van der Waals surface area contributed by atoms with E-state index in [-0.39, 0.29) is 5.82 Å². The minimum atomic E-state index is -0.123. The molecule has 0 aliphatic carbocycles. The van der Waals surface area contributed by atoms with Crippen molar-refractivity contribution in [1.29, 1.82) is 0 Å². The zero-order valence-corrected chi connectivity index (χ0v) is 8.61. The first-order valence-electron chi connectivity index (χ1n) is 4.47. The first-order valence-corrected chi connectivity index (χ1v) is 4.47. The average molecular weight is 178 g/mol. The molecule has 0 nitrogen and oxygen atoms in total. The van der Waals surface area contributed by atoms with Crippen molar-refractivity contribution in [2.24, 2.45) is 0 Å². The normalized spacial score (nSPS) is 11.9. The molecule has 0 atom stereocenters. The van der Waals surface area contributed by atoms with Crippen molar-refractivity contribution >= 4 is 5.57 Å². The van der Waals surface area contributed by atoms with E-state index in [1.165, 1.54) is 6.07 Å². The van der Waals surface area contributed by atoms with Crippen LogP contribution >= 0.6 is 0 Å². The average Bonchev–Trinajstić information content (AvgIpc) is 2.12. The third-order valence-corrected chi connectivity index (χ3v) is 2.43. The van der Waals surface area contributed by atoms with Crippen LogP contribution in [0.5, 0.6) is 0 Å². The Morgan fingerprint density at radius 1 is 1.31 bits per heavy atom. The Labute approximate surface area is 79.1 Å². The quantitative estimate of drug-likeness (QED) is 0.612. The van der Waals surface area contributed by atoms with Gasteiger partial charge in [0.25, 0.3) is 0 Å². The standard InChI is InChI=1S/C12H15F/c1-5-8(2)12-9(3)6-7-11(13)10(12)4/h5-7H,1-4H3/b8-5-. The van der Waals surface area contributed by atoms with Crippen molar-refractivity contribution in [2.45, 2.75) is 27.7 Å². The highest BCUT2D eigenvalue weighted by Gasteiger charge is 2.07. The lowest BCUT2D eigenvalue weighted by atomic mass is 9.96. The number of benzene rings is 1. The monoisotopic (exact) mass is 178 g/mol. The van der Waals surface area contributed by atoms with E-state index in [4.69, 9.17) is 0 Å². The lowest BCUT2D eigenvalue weighted by Gasteiger charge is -2.10. The summed E-state index contributed by atoms with van der Waals surface area (Å²) in [6, 6.07) is 3.35. The van der Waals surface area contributed by atoms with E-state index in [2.05, 4.69) is 0 Å². The van der Waals surface area contributed by atoms with Crippen LogP contribution in [0.3, 0.4) is 0 Å². The van der Waals surface area contributed by atoms with Gasteiger partial charge in [0.2, 0.25) is 0 Å². The van der Waals surface area contributed by atoms with E-state index in [9.17, 15) is 4.39 Å². The summed E-state index contributed by atoms with van der Waals surface area (Å²) in [6.07, 6.45) is 2.01. The number of hydrogen-bond donors (Lipinski definition) is 0. The molecule has 0 bridgehead atoms.